The van der Waals surface area contributed by atoms with Crippen molar-refractivity contribution < 1.29 is 13.2 Å². The lowest BCUT2D eigenvalue weighted by molar-refractivity contribution is -0.137. The number of aromatic nitrogens is 3. The number of hydrogen-bond donors (Lipinski definition) is 1. The third kappa shape index (κ3) is 3.54. The second kappa shape index (κ2) is 5.40. The van der Waals surface area contributed by atoms with Crippen molar-refractivity contribution in [2.24, 2.45) is 5.73 Å². The molecule has 1 heterocycles. The Hall–Kier alpha value is -1.89. The summed E-state index contributed by atoms with van der Waals surface area (Å²) in [6.07, 6.45) is -2.04. The molecular weight excluding hydrogens is 257 g/mol. The van der Waals surface area contributed by atoms with Crippen molar-refractivity contribution in [3.8, 4) is 0 Å². The molecule has 0 aliphatic heterocycles. The number of halogens is 3. The van der Waals surface area contributed by atoms with E-state index in [4.69, 9.17) is 5.73 Å². The first kappa shape index (κ1) is 13.5. The van der Waals surface area contributed by atoms with Crippen LogP contribution >= 0.6 is 0 Å². The van der Waals surface area contributed by atoms with Gasteiger partial charge in [-0.1, -0.05) is 17.3 Å². The highest BCUT2D eigenvalue weighted by atomic mass is 19.4. The van der Waals surface area contributed by atoms with Crippen molar-refractivity contribution in [1.29, 1.82) is 0 Å². The van der Waals surface area contributed by atoms with Crippen molar-refractivity contribution in [3.63, 3.8) is 0 Å². The fourth-order valence-electron chi connectivity index (χ4n) is 1.71. The fraction of sp³-hybridized carbons (Fsp3) is 0.333. The lowest BCUT2D eigenvalue weighted by Crippen LogP contribution is -2.07. The maximum absolute atomic E-state index is 12.6. The predicted octanol–water partition coefficient (Wildman–Crippen LogP) is 1.85. The zero-order valence-electron chi connectivity index (χ0n) is 10.1. The molecule has 0 bridgehead atoms. The lowest BCUT2D eigenvalue weighted by Gasteiger charge is -2.08. The Kier molecular flexibility index (Phi) is 3.84. The van der Waals surface area contributed by atoms with Crippen LogP contribution in [-0.4, -0.2) is 21.5 Å². The van der Waals surface area contributed by atoms with Crippen molar-refractivity contribution in [2.45, 2.75) is 19.1 Å². The summed E-state index contributed by atoms with van der Waals surface area (Å²) in [6, 6.07) is 5.17. The standard InChI is InChI=1S/C12H13F3N4/c13-12(14,15)10-3-1-2-9(6-10)7-19-8-11(4-5-16)17-18-19/h1-3,6,8H,4-5,7,16H2. The number of benzene rings is 1. The van der Waals surface area contributed by atoms with Crippen LogP contribution < -0.4 is 5.73 Å². The highest BCUT2D eigenvalue weighted by Crippen LogP contribution is 2.29. The van der Waals surface area contributed by atoms with Crippen LogP contribution in [0.25, 0.3) is 0 Å². The van der Waals surface area contributed by atoms with Crippen LogP contribution in [0.15, 0.2) is 30.5 Å². The first-order valence-corrected chi connectivity index (χ1v) is 5.74. The van der Waals surface area contributed by atoms with Gasteiger partial charge in [-0.3, -0.25) is 0 Å². The van der Waals surface area contributed by atoms with Crippen LogP contribution in [0.2, 0.25) is 0 Å². The quantitative estimate of drug-likeness (QED) is 0.922. The van der Waals surface area contributed by atoms with E-state index < -0.39 is 11.7 Å². The van der Waals surface area contributed by atoms with E-state index in [9.17, 15) is 13.2 Å². The zero-order chi connectivity index (χ0) is 13.9. The third-order valence-electron chi connectivity index (χ3n) is 2.59. The van der Waals surface area contributed by atoms with Crippen LogP contribution in [0.5, 0.6) is 0 Å². The second-order valence-corrected chi connectivity index (χ2v) is 4.14. The minimum atomic E-state index is -4.33. The van der Waals surface area contributed by atoms with Gasteiger partial charge in [0.2, 0.25) is 0 Å². The monoisotopic (exact) mass is 270 g/mol. The molecule has 0 unspecified atom stereocenters. The molecule has 0 radical (unpaired) electrons. The highest BCUT2D eigenvalue weighted by molar-refractivity contribution is 5.25. The Morgan fingerprint density at radius 3 is 2.74 bits per heavy atom. The molecule has 0 atom stereocenters. The molecule has 102 valence electrons. The maximum atomic E-state index is 12.6. The van der Waals surface area contributed by atoms with E-state index in [2.05, 4.69) is 10.3 Å². The number of nitrogens with zero attached hydrogens (tertiary/aromatic N) is 3. The lowest BCUT2D eigenvalue weighted by atomic mass is 10.1. The number of rotatable bonds is 4. The molecule has 19 heavy (non-hydrogen) atoms. The van der Waals surface area contributed by atoms with Crippen LogP contribution in [0.4, 0.5) is 13.2 Å². The highest BCUT2D eigenvalue weighted by Gasteiger charge is 2.30. The van der Waals surface area contributed by atoms with E-state index in [0.29, 0.717) is 18.5 Å². The van der Waals surface area contributed by atoms with Gasteiger partial charge in [-0.25, -0.2) is 4.68 Å². The Morgan fingerprint density at radius 1 is 1.26 bits per heavy atom. The van der Waals surface area contributed by atoms with Gasteiger partial charge in [-0.05, 0) is 24.2 Å². The molecule has 1 aromatic carbocycles. The van der Waals surface area contributed by atoms with E-state index in [0.717, 1.165) is 17.8 Å². The van der Waals surface area contributed by atoms with E-state index in [1.54, 1.807) is 12.3 Å². The minimum absolute atomic E-state index is 0.251. The summed E-state index contributed by atoms with van der Waals surface area (Å²) in [6.45, 7) is 0.712. The van der Waals surface area contributed by atoms with Gasteiger partial charge >= 0.3 is 6.18 Å². The van der Waals surface area contributed by atoms with Crippen molar-refractivity contribution in [1.82, 2.24) is 15.0 Å². The molecule has 0 saturated heterocycles. The van der Waals surface area contributed by atoms with E-state index in [1.165, 1.54) is 10.7 Å². The summed E-state index contributed by atoms with van der Waals surface area (Å²) in [5.74, 6) is 0. The summed E-state index contributed by atoms with van der Waals surface area (Å²) < 4.78 is 39.2. The van der Waals surface area contributed by atoms with Crippen LogP contribution in [0, 0.1) is 0 Å². The first-order chi connectivity index (χ1) is 8.99. The van der Waals surface area contributed by atoms with E-state index in [-0.39, 0.29) is 6.54 Å². The average Bonchev–Trinajstić information content (AvgIpc) is 2.76. The van der Waals surface area contributed by atoms with Gasteiger partial charge in [-0.15, -0.1) is 5.10 Å². The van der Waals surface area contributed by atoms with E-state index >= 15 is 0 Å². The van der Waals surface area contributed by atoms with Crippen LogP contribution in [0.3, 0.4) is 0 Å². The van der Waals surface area contributed by atoms with Gasteiger partial charge in [0, 0.05) is 12.6 Å². The molecule has 7 heteroatoms. The molecule has 0 saturated carbocycles. The van der Waals surface area contributed by atoms with Gasteiger partial charge in [0.05, 0.1) is 17.8 Å². The molecule has 0 fully saturated rings. The molecule has 4 nitrogen and oxygen atoms in total. The summed E-state index contributed by atoms with van der Waals surface area (Å²) in [4.78, 5) is 0. The summed E-state index contributed by atoms with van der Waals surface area (Å²) in [5.41, 5.74) is 5.99. The molecule has 2 rings (SSSR count). The number of nitrogens with two attached hydrogens (primary N) is 1. The second-order valence-electron chi connectivity index (χ2n) is 4.14. The normalized spacial score (nSPS) is 11.8. The topological polar surface area (TPSA) is 56.7 Å². The molecule has 0 aliphatic carbocycles. The van der Waals surface area contributed by atoms with Gasteiger partial charge in [0.25, 0.3) is 0 Å². The summed E-state index contributed by atoms with van der Waals surface area (Å²) >= 11 is 0. The predicted molar refractivity (Wildman–Crippen MR) is 63.3 cm³/mol. The van der Waals surface area contributed by atoms with Gasteiger partial charge in [-0.2, -0.15) is 13.2 Å². The molecule has 1 aromatic heterocycles. The SMILES string of the molecule is NCCc1cn(Cc2cccc(C(F)(F)F)c2)nn1. The average molecular weight is 270 g/mol. The Bertz CT molecular complexity index is 548. The number of alkyl halides is 3. The molecule has 0 spiro atoms. The maximum Gasteiger partial charge on any atom is 0.416 e. The Morgan fingerprint density at radius 2 is 2.05 bits per heavy atom. The third-order valence-corrected chi connectivity index (χ3v) is 2.59. The first-order valence-electron chi connectivity index (χ1n) is 5.74. The minimum Gasteiger partial charge on any atom is -0.330 e. The molecule has 0 amide bonds. The van der Waals surface area contributed by atoms with Gasteiger partial charge in [0.15, 0.2) is 0 Å². The van der Waals surface area contributed by atoms with Crippen molar-refractivity contribution in [2.75, 3.05) is 6.54 Å². The van der Waals surface area contributed by atoms with Gasteiger partial charge < -0.3 is 5.73 Å². The van der Waals surface area contributed by atoms with E-state index in [1.807, 2.05) is 0 Å². The molecule has 2 aromatic rings. The largest absolute Gasteiger partial charge is 0.416 e. The molecule has 0 aliphatic rings. The zero-order valence-corrected chi connectivity index (χ0v) is 10.1. The Balaban J connectivity index is 2.14. The fourth-order valence-corrected chi connectivity index (χ4v) is 1.71. The molecular formula is C12H13F3N4. The van der Waals surface area contributed by atoms with Crippen molar-refractivity contribution in [3.05, 3.63) is 47.3 Å². The summed E-state index contributed by atoms with van der Waals surface area (Å²) in [5, 5.41) is 7.74. The van der Waals surface area contributed by atoms with Crippen LogP contribution in [-0.2, 0) is 19.1 Å². The van der Waals surface area contributed by atoms with Gasteiger partial charge in [0.1, 0.15) is 0 Å². The molecule has 2 N–H and O–H groups in total. The summed E-state index contributed by atoms with van der Waals surface area (Å²) in [7, 11) is 0. The Labute approximate surface area is 108 Å². The smallest absolute Gasteiger partial charge is 0.330 e. The van der Waals surface area contributed by atoms with Crippen molar-refractivity contribution >= 4 is 0 Å². The van der Waals surface area contributed by atoms with Crippen LogP contribution in [0.1, 0.15) is 16.8 Å². The number of hydrogen-bond acceptors (Lipinski definition) is 3.